The largest absolute Gasteiger partial charge is 0.505 e. The Morgan fingerprint density at radius 2 is 1.58 bits per heavy atom. The van der Waals surface area contributed by atoms with Gasteiger partial charge in [-0.25, -0.2) is 4.98 Å². The molecule has 0 aliphatic rings. The molecule has 2 heterocycles. The highest BCUT2D eigenvalue weighted by Crippen LogP contribution is 2.35. The number of aromatic hydroxyl groups is 1. The van der Waals surface area contributed by atoms with Crippen LogP contribution in [0.5, 0.6) is 5.75 Å². The fourth-order valence-electron chi connectivity index (χ4n) is 3.99. The van der Waals surface area contributed by atoms with Gasteiger partial charge in [0.25, 0.3) is 5.91 Å². The molecule has 0 aliphatic heterocycles. The van der Waals surface area contributed by atoms with Gasteiger partial charge in [-0.2, -0.15) is 5.10 Å². The zero-order valence-corrected chi connectivity index (χ0v) is 18.0. The minimum Gasteiger partial charge on any atom is -0.505 e. The van der Waals surface area contributed by atoms with Gasteiger partial charge in [-0.1, -0.05) is 78.9 Å². The van der Waals surface area contributed by atoms with Gasteiger partial charge in [-0.3, -0.25) is 9.48 Å². The van der Waals surface area contributed by atoms with Gasteiger partial charge in [0.1, 0.15) is 5.69 Å². The number of para-hydroxylation sites is 1. The first kappa shape index (κ1) is 20.5. The Morgan fingerprint density at radius 3 is 2.27 bits per heavy atom. The average Bonchev–Trinajstić information content (AvgIpc) is 3.29. The molecule has 3 aromatic carbocycles. The van der Waals surface area contributed by atoms with Crippen molar-refractivity contribution in [3.05, 3.63) is 114 Å². The highest BCUT2D eigenvalue weighted by molar-refractivity contribution is 6.10. The van der Waals surface area contributed by atoms with E-state index in [0.717, 1.165) is 11.1 Å². The second-order valence-electron chi connectivity index (χ2n) is 7.80. The molecule has 0 saturated carbocycles. The highest BCUT2D eigenvalue weighted by Gasteiger charge is 2.25. The maximum atomic E-state index is 13.7. The van der Waals surface area contributed by atoms with Crippen molar-refractivity contribution < 1.29 is 9.90 Å². The molecular weight excluding hydrogens is 412 g/mol. The molecule has 0 saturated heterocycles. The van der Waals surface area contributed by atoms with Gasteiger partial charge >= 0.3 is 0 Å². The maximum absolute atomic E-state index is 13.7. The second kappa shape index (κ2) is 8.59. The van der Waals surface area contributed by atoms with Crippen LogP contribution in [0.25, 0.3) is 22.2 Å². The van der Waals surface area contributed by atoms with E-state index < -0.39 is 11.9 Å². The molecular formula is C27H22N4O2. The molecule has 6 nitrogen and oxygen atoms in total. The molecule has 6 heteroatoms. The molecule has 0 aliphatic carbocycles. The first-order valence-electron chi connectivity index (χ1n) is 10.6. The molecule has 0 bridgehead atoms. The Labute approximate surface area is 191 Å². The number of aromatic nitrogens is 3. The Morgan fingerprint density at radius 1 is 0.909 bits per heavy atom. The van der Waals surface area contributed by atoms with Crippen LogP contribution in [0.3, 0.4) is 0 Å². The van der Waals surface area contributed by atoms with Gasteiger partial charge < -0.3 is 10.4 Å². The zero-order valence-electron chi connectivity index (χ0n) is 18.0. The lowest BCUT2D eigenvalue weighted by molar-refractivity contribution is 0.0941. The zero-order chi connectivity index (χ0) is 22.8. The minimum absolute atomic E-state index is 0.148. The monoisotopic (exact) mass is 434 g/mol. The van der Waals surface area contributed by atoms with Crippen molar-refractivity contribution in [3.8, 4) is 17.0 Å². The SMILES string of the molecule is Cn1ccc(C(NC(=O)c2c(O)c(-c3ccccc3)nc3ccccc23)c2ccccc2)n1. The number of benzene rings is 3. The third kappa shape index (κ3) is 3.94. The van der Waals surface area contributed by atoms with E-state index in [2.05, 4.69) is 15.4 Å². The summed E-state index contributed by atoms with van der Waals surface area (Å²) in [5.41, 5.74) is 3.53. The van der Waals surface area contributed by atoms with Crippen LogP contribution in [0.1, 0.15) is 27.7 Å². The van der Waals surface area contributed by atoms with Crippen molar-refractivity contribution in [2.75, 3.05) is 0 Å². The summed E-state index contributed by atoms with van der Waals surface area (Å²) in [7, 11) is 1.84. The smallest absolute Gasteiger partial charge is 0.256 e. The molecule has 2 aromatic heterocycles. The number of carbonyl (C=O) groups excluding carboxylic acids is 1. The van der Waals surface area contributed by atoms with Crippen LogP contribution < -0.4 is 5.32 Å². The number of pyridine rings is 1. The maximum Gasteiger partial charge on any atom is 0.256 e. The molecule has 5 rings (SSSR count). The number of nitrogens with zero attached hydrogens (tertiary/aromatic N) is 3. The lowest BCUT2D eigenvalue weighted by Gasteiger charge is -2.19. The van der Waals surface area contributed by atoms with E-state index in [1.807, 2.05) is 98.2 Å². The number of amides is 1. The van der Waals surface area contributed by atoms with Crippen LogP contribution in [0.2, 0.25) is 0 Å². The summed E-state index contributed by atoms with van der Waals surface area (Å²) in [6.07, 6.45) is 1.84. The number of hydrogen-bond donors (Lipinski definition) is 2. The van der Waals surface area contributed by atoms with Gasteiger partial charge in [0.15, 0.2) is 5.75 Å². The van der Waals surface area contributed by atoms with Crippen LogP contribution in [0.4, 0.5) is 0 Å². The summed E-state index contributed by atoms with van der Waals surface area (Å²) in [5, 5.41) is 19.4. The molecule has 1 unspecified atom stereocenters. The van der Waals surface area contributed by atoms with Crippen LogP contribution in [-0.4, -0.2) is 25.8 Å². The average molecular weight is 434 g/mol. The van der Waals surface area contributed by atoms with Crippen LogP contribution >= 0.6 is 0 Å². The van der Waals surface area contributed by atoms with E-state index >= 15 is 0 Å². The summed E-state index contributed by atoms with van der Waals surface area (Å²) in [4.78, 5) is 18.3. The van der Waals surface area contributed by atoms with Crippen molar-refractivity contribution >= 4 is 16.8 Å². The van der Waals surface area contributed by atoms with Gasteiger partial charge in [0.05, 0.1) is 22.8 Å². The number of aryl methyl sites for hydroxylation is 1. The molecule has 5 aromatic rings. The standard InChI is InChI=1S/C27H22N4O2/c1-31-17-16-22(30-31)24(18-10-4-2-5-11-18)29-27(33)23-20-14-8-9-15-21(20)28-25(26(23)32)19-12-6-3-7-13-19/h2-17,24,32H,1H3,(H,29,33). The van der Waals surface area contributed by atoms with E-state index in [0.29, 0.717) is 22.3 Å². The summed E-state index contributed by atoms with van der Waals surface area (Å²) in [6.45, 7) is 0. The van der Waals surface area contributed by atoms with E-state index in [9.17, 15) is 9.90 Å². The summed E-state index contributed by atoms with van der Waals surface area (Å²) in [5.74, 6) is -0.548. The third-order valence-electron chi connectivity index (χ3n) is 5.58. The van der Waals surface area contributed by atoms with Crippen molar-refractivity contribution in [1.29, 1.82) is 0 Å². The minimum atomic E-state index is -0.480. The van der Waals surface area contributed by atoms with Gasteiger partial charge in [0, 0.05) is 24.2 Å². The second-order valence-corrected chi connectivity index (χ2v) is 7.80. The van der Waals surface area contributed by atoms with E-state index in [1.54, 1.807) is 10.7 Å². The Bertz CT molecular complexity index is 1430. The Balaban J connectivity index is 1.63. The van der Waals surface area contributed by atoms with Crippen LogP contribution in [0.15, 0.2) is 97.2 Å². The van der Waals surface area contributed by atoms with E-state index in [1.165, 1.54) is 0 Å². The summed E-state index contributed by atoms with van der Waals surface area (Å²) < 4.78 is 1.70. The fourth-order valence-corrected chi connectivity index (χ4v) is 3.99. The Hall–Kier alpha value is -4.45. The predicted molar refractivity (Wildman–Crippen MR) is 128 cm³/mol. The molecule has 2 N–H and O–H groups in total. The highest BCUT2D eigenvalue weighted by atomic mass is 16.3. The lowest BCUT2D eigenvalue weighted by Crippen LogP contribution is -2.30. The summed E-state index contributed by atoms with van der Waals surface area (Å²) >= 11 is 0. The van der Waals surface area contributed by atoms with Crippen molar-refractivity contribution in [1.82, 2.24) is 20.1 Å². The van der Waals surface area contributed by atoms with E-state index in [4.69, 9.17) is 0 Å². The molecule has 0 radical (unpaired) electrons. The van der Waals surface area contributed by atoms with Crippen molar-refractivity contribution in [2.45, 2.75) is 6.04 Å². The van der Waals surface area contributed by atoms with Gasteiger partial charge in [-0.15, -0.1) is 0 Å². The molecule has 162 valence electrons. The first-order chi connectivity index (χ1) is 16.1. The van der Waals surface area contributed by atoms with Crippen LogP contribution in [-0.2, 0) is 7.05 Å². The molecule has 0 fully saturated rings. The molecule has 0 spiro atoms. The molecule has 1 amide bonds. The van der Waals surface area contributed by atoms with Crippen molar-refractivity contribution in [2.24, 2.45) is 7.05 Å². The van der Waals surface area contributed by atoms with Crippen molar-refractivity contribution in [3.63, 3.8) is 0 Å². The number of rotatable bonds is 5. The first-order valence-corrected chi connectivity index (χ1v) is 10.6. The van der Waals surface area contributed by atoms with Crippen LogP contribution in [0, 0.1) is 0 Å². The predicted octanol–water partition coefficient (Wildman–Crippen LogP) is 4.86. The number of nitrogens with one attached hydrogen (secondary N) is 1. The summed E-state index contributed by atoms with van der Waals surface area (Å²) in [6, 6.07) is 27.7. The number of fused-ring (bicyclic) bond motifs is 1. The van der Waals surface area contributed by atoms with E-state index in [-0.39, 0.29) is 11.3 Å². The molecule has 33 heavy (non-hydrogen) atoms. The quantitative estimate of drug-likeness (QED) is 0.414. The Kier molecular flexibility index (Phi) is 5.32. The topological polar surface area (TPSA) is 80.0 Å². The number of hydrogen-bond acceptors (Lipinski definition) is 4. The molecule has 1 atom stereocenters. The third-order valence-corrected chi connectivity index (χ3v) is 5.58. The van der Waals surface area contributed by atoms with Gasteiger partial charge in [0.2, 0.25) is 0 Å². The fraction of sp³-hybridized carbons (Fsp3) is 0.0741. The normalized spacial score (nSPS) is 11.9. The number of carbonyl (C=O) groups is 1. The van der Waals surface area contributed by atoms with Gasteiger partial charge in [-0.05, 0) is 17.7 Å². The lowest BCUT2D eigenvalue weighted by atomic mass is 10.00.